The maximum atomic E-state index is 12.3. The molecule has 1 unspecified atom stereocenters. The molecule has 2 aromatic rings. The highest BCUT2D eigenvalue weighted by Gasteiger charge is 2.19. The lowest BCUT2D eigenvalue weighted by Crippen LogP contribution is -2.25. The molecular formula is C19H20N2O6. The van der Waals surface area contributed by atoms with Crippen LogP contribution in [0.4, 0.5) is 11.4 Å². The number of esters is 1. The minimum absolute atomic E-state index is 0.0354. The van der Waals surface area contributed by atoms with Crippen LogP contribution in [0.1, 0.15) is 23.7 Å². The molecule has 0 radical (unpaired) electrons. The number of anilines is 1. The number of nitro groups is 1. The molecule has 27 heavy (non-hydrogen) atoms. The largest absolute Gasteiger partial charge is 0.497 e. The van der Waals surface area contributed by atoms with Crippen molar-refractivity contribution in [3.8, 4) is 5.75 Å². The van der Waals surface area contributed by atoms with E-state index in [9.17, 15) is 19.7 Å². The normalized spacial score (nSPS) is 11.3. The molecule has 0 fully saturated rings. The van der Waals surface area contributed by atoms with Crippen molar-refractivity contribution >= 4 is 23.1 Å². The fourth-order valence-electron chi connectivity index (χ4n) is 2.38. The van der Waals surface area contributed by atoms with Crippen LogP contribution in [0.3, 0.4) is 0 Å². The fourth-order valence-corrected chi connectivity index (χ4v) is 2.38. The molecular weight excluding hydrogens is 352 g/mol. The van der Waals surface area contributed by atoms with E-state index in [1.807, 2.05) is 0 Å². The average molecular weight is 372 g/mol. The van der Waals surface area contributed by atoms with Crippen molar-refractivity contribution in [2.75, 3.05) is 19.0 Å². The Balaban J connectivity index is 1.84. The van der Waals surface area contributed by atoms with Crippen LogP contribution in [0.15, 0.2) is 48.5 Å². The molecule has 0 saturated heterocycles. The van der Waals surface area contributed by atoms with Gasteiger partial charge in [0.25, 0.3) is 5.69 Å². The number of nitro benzene ring substituents is 1. The summed E-state index contributed by atoms with van der Waals surface area (Å²) in [6, 6.07) is 12.6. The number of Topliss-reactive ketones (excluding diaryl/α,β-unsaturated/α-hetero) is 1. The van der Waals surface area contributed by atoms with E-state index < -0.39 is 17.0 Å². The third-order valence-corrected chi connectivity index (χ3v) is 3.80. The van der Waals surface area contributed by atoms with E-state index in [2.05, 4.69) is 5.32 Å². The lowest BCUT2D eigenvalue weighted by Gasteiger charge is -2.13. The molecule has 1 N–H and O–H groups in total. The van der Waals surface area contributed by atoms with Gasteiger partial charge in [0.05, 0.1) is 18.5 Å². The second-order valence-corrected chi connectivity index (χ2v) is 5.68. The summed E-state index contributed by atoms with van der Waals surface area (Å²) in [7, 11) is 1.53. The Labute approximate surface area is 156 Å². The SMILES string of the molecule is COc1ccc(C(=O)C(C)OC(=O)CCNc2ccccc2[N+](=O)[O-])cc1. The zero-order valence-electron chi connectivity index (χ0n) is 15.0. The second-order valence-electron chi connectivity index (χ2n) is 5.68. The monoisotopic (exact) mass is 372 g/mol. The molecule has 2 aromatic carbocycles. The maximum Gasteiger partial charge on any atom is 0.308 e. The van der Waals surface area contributed by atoms with E-state index in [1.54, 1.807) is 42.5 Å². The summed E-state index contributed by atoms with van der Waals surface area (Å²) in [6.07, 6.45) is -0.969. The van der Waals surface area contributed by atoms with Crippen LogP contribution < -0.4 is 10.1 Å². The zero-order chi connectivity index (χ0) is 19.8. The minimum Gasteiger partial charge on any atom is -0.497 e. The van der Waals surface area contributed by atoms with Gasteiger partial charge >= 0.3 is 5.97 Å². The summed E-state index contributed by atoms with van der Waals surface area (Å²) in [4.78, 5) is 34.7. The number of methoxy groups -OCH3 is 1. The number of carbonyl (C=O) groups is 2. The van der Waals surface area contributed by atoms with Gasteiger partial charge in [-0.15, -0.1) is 0 Å². The lowest BCUT2D eigenvalue weighted by atomic mass is 10.1. The summed E-state index contributed by atoms with van der Waals surface area (Å²) in [6.45, 7) is 1.65. The van der Waals surface area contributed by atoms with Gasteiger partial charge in [-0.2, -0.15) is 0 Å². The Bertz CT molecular complexity index is 819. The first-order valence-electron chi connectivity index (χ1n) is 8.27. The van der Waals surface area contributed by atoms with Gasteiger partial charge in [-0.25, -0.2) is 0 Å². The van der Waals surface area contributed by atoms with Gasteiger partial charge in [-0.05, 0) is 37.3 Å². The standard InChI is InChI=1S/C19H20N2O6/c1-13(19(23)14-7-9-15(26-2)10-8-14)27-18(22)11-12-20-16-5-3-4-6-17(16)21(24)25/h3-10,13,20H,11-12H2,1-2H3. The predicted octanol–water partition coefficient (Wildman–Crippen LogP) is 3.22. The number of ketones is 1. The van der Waals surface area contributed by atoms with Crippen molar-refractivity contribution in [2.24, 2.45) is 0 Å². The molecule has 0 heterocycles. The van der Waals surface area contributed by atoms with E-state index in [4.69, 9.17) is 9.47 Å². The topological polar surface area (TPSA) is 108 Å². The van der Waals surface area contributed by atoms with Gasteiger partial charge in [0.1, 0.15) is 11.4 Å². The molecule has 0 aliphatic heterocycles. The number of nitrogens with one attached hydrogen (secondary N) is 1. The molecule has 2 rings (SSSR count). The Morgan fingerprint density at radius 3 is 2.44 bits per heavy atom. The molecule has 142 valence electrons. The molecule has 0 spiro atoms. The van der Waals surface area contributed by atoms with Crippen molar-refractivity contribution in [1.29, 1.82) is 0 Å². The predicted molar refractivity (Wildman–Crippen MR) is 99.1 cm³/mol. The van der Waals surface area contributed by atoms with Gasteiger partial charge in [0.2, 0.25) is 5.78 Å². The highest BCUT2D eigenvalue weighted by atomic mass is 16.6. The molecule has 0 aromatic heterocycles. The molecule has 0 amide bonds. The van der Waals surface area contributed by atoms with Gasteiger partial charge in [-0.3, -0.25) is 19.7 Å². The third-order valence-electron chi connectivity index (χ3n) is 3.80. The molecule has 0 bridgehead atoms. The van der Waals surface area contributed by atoms with Crippen LogP contribution in [0, 0.1) is 10.1 Å². The summed E-state index contributed by atoms with van der Waals surface area (Å²) < 4.78 is 10.2. The number of rotatable bonds is 9. The molecule has 0 saturated carbocycles. The number of carbonyl (C=O) groups excluding carboxylic acids is 2. The minimum atomic E-state index is -0.933. The van der Waals surface area contributed by atoms with Crippen molar-refractivity contribution < 1.29 is 24.0 Å². The van der Waals surface area contributed by atoms with Crippen molar-refractivity contribution in [1.82, 2.24) is 0 Å². The van der Waals surface area contributed by atoms with Gasteiger partial charge < -0.3 is 14.8 Å². The molecule has 0 aliphatic carbocycles. The lowest BCUT2D eigenvalue weighted by molar-refractivity contribution is -0.384. The van der Waals surface area contributed by atoms with Gasteiger partial charge in [-0.1, -0.05) is 12.1 Å². The van der Waals surface area contributed by atoms with E-state index in [0.717, 1.165) is 0 Å². The first kappa shape index (κ1) is 19.9. The van der Waals surface area contributed by atoms with Crippen LogP contribution in [0.2, 0.25) is 0 Å². The Morgan fingerprint density at radius 1 is 1.15 bits per heavy atom. The van der Waals surface area contributed by atoms with Crippen LogP contribution >= 0.6 is 0 Å². The zero-order valence-corrected chi connectivity index (χ0v) is 15.0. The molecule has 8 nitrogen and oxygen atoms in total. The quantitative estimate of drug-likeness (QED) is 0.312. The van der Waals surface area contributed by atoms with Crippen LogP contribution in [-0.2, 0) is 9.53 Å². The van der Waals surface area contributed by atoms with E-state index in [1.165, 1.54) is 20.1 Å². The summed E-state index contributed by atoms with van der Waals surface area (Å²) in [5.41, 5.74) is 0.653. The molecule has 8 heteroatoms. The number of hydrogen-bond acceptors (Lipinski definition) is 7. The Morgan fingerprint density at radius 2 is 1.81 bits per heavy atom. The van der Waals surface area contributed by atoms with Crippen LogP contribution in [0.5, 0.6) is 5.75 Å². The summed E-state index contributed by atoms with van der Waals surface area (Å²) >= 11 is 0. The average Bonchev–Trinajstić information content (AvgIpc) is 2.67. The van der Waals surface area contributed by atoms with Crippen LogP contribution in [-0.4, -0.2) is 36.4 Å². The highest BCUT2D eigenvalue weighted by Crippen LogP contribution is 2.23. The first-order valence-corrected chi connectivity index (χ1v) is 8.27. The molecule has 0 aliphatic rings. The van der Waals surface area contributed by atoms with E-state index in [0.29, 0.717) is 17.0 Å². The molecule has 1 atom stereocenters. The smallest absolute Gasteiger partial charge is 0.308 e. The van der Waals surface area contributed by atoms with Crippen LogP contribution in [0.25, 0.3) is 0 Å². The fraction of sp³-hybridized carbons (Fsp3) is 0.263. The van der Waals surface area contributed by atoms with Crippen molar-refractivity contribution in [3.63, 3.8) is 0 Å². The van der Waals surface area contributed by atoms with Crippen molar-refractivity contribution in [3.05, 3.63) is 64.2 Å². The first-order chi connectivity index (χ1) is 12.9. The van der Waals surface area contributed by atoms with E-state index >= 15 is 0 Å². The number of benzene rings is 2. The summed E-state index contributed by atoms with van der Waals surface area (Å²) in [5, 5.41) is 13.8. The highest BCUT2D eigenvalue weighted by molar-refractivity contribution is 6.00. The maximum absolute atomic E-state index is 12.3. The second kappa shape index (κ2) is 9.33. The van der Waals surface area contributed by atoms with E-state index in [-0.39, 0.29) is 24.4 Å². The summed E-state index contributed by atoms with van der Waals surface area (Å²) in [5.74, 6) is -0.273. The number of nitrogens with zero attached hydrogens (tertiary/aromatic N) is 1. The Kier molecular flexibility index (Phi) is 6.87. The van der Waals surface area contributed by atoms with Gasteiger partial charge in [0.15, 0.2) is 6.10 Å². The van der Waals surface area contributed by atoms with Gasteiger partial charge in [0, 0.05) is 18.2 Å². The Hall–Kier alpha value is -3.42. The number of hydrogen-bond donors (Lipinski definition) is 1. The third kappa shape index (κ3) is 5.53. The number of para-hydroxylation sites is 2. The van der Waals surface area contributed by atoms with Crippen molar-refractivity contribution in [2.45, 2.75) is 19.4 Å². The number of ether oxygens (including phenoxy) is 2.